The molecule has 2 rings (SSSR count). The van der Waals surface area contributed by atoms with Gasteiger partial charge < -0.3 is 10.6 Å². The van der Waals surface area contributed by atoms with Gasteiger partial charge in [-0.1, -0.05) is 30.3 Å². The molecule has 0 aliphatic heterocycles. The van der Waals surface area contributed by atoms with E-state index in [2.05, 4.69) is 22.8 Å². The van der Waals surface area contributed by atoms with Gasteiger partial charge in [0, 0.05) is 17.8 Å². The Balaban J connectivity index is 1.71. The van der Waals surface area contributed by atoms with Gasteiger partial charge in [-0.05, 0) is 25.5 Å². The number of benzene rings is 1. The minimum atomic E-state index is 0.172. The van der Waals surface area contributed by atoms with Crippen molar-refractivity contribution >= 4 is 17.7 Å². The van der Waals surface area contributed by atoms with Crippen LogP contribution in [0.5, 0.6) is 0 Å². The van der Waals surface area contributed by atoms with Crippen LogP contribution in [0.15, 0.2) is 30.3 Å². The molecule has 1 aromatic rings. The van der Waals surface area contributed by atoms with Crippen LogP contribution in [0.3, 0.4) is 0 Å². The zero-order valence-electron chi connectivity index (χ0n) is 10.7. The second kappa shape index (κ2) is 6.81. The molecule has 1 saturated carbocycles. The molecule has 0 saturated heterocycles. The number of nitrogens with one attached hydrogen (secondary N) is 2. The largest absolute Gasteiger partial charge is 0.353 e. The maximum atomic E-state index is 11.5. The molecule has 3 nitrogen and oxygen atoms in total. The maximum Gasteiger partial charge on any atom is 0.230 e. The third kappa shape index (κ3) is 4.35. The molecule has 1 aliphatic carbocycles. The van der Waals surface area contributed by atoms with Crippen LogP contribution in [0.25, 0.3) is 0 Å². The van der Waals surface area contributed by atoms with E-state index in [1.807, 2.05) is 25.2 Å². The Bertz CT molecular complexity index is 379. The standard InChI is InChI=1S/C14H20N2OS/c1-15-13(11-5-3-2-4-6-11)9-18-10-14(17)16-12-7-8-12/h2-6,12-13,15H,7-10H2,1H3,(H,16,17). The first-order chi connectivity index (χ1) is 8.79. The van der Waals surface area contributed by atoms with Crippen LogP contribution in [0.2, 0.25) is 0 Å². The summed E-state index contributed by atoms with van der Waals surface area (Å²) in [5.41, 5.74) is 1.27. The van der Waals surface area contributed by atoms with Gasteiger partial charge in [-0.3, -0.25) is 4.79 Å². The summed E-state index contributed by atoms with van der Waals surface area (Å²) < 4.78 is 0. The Morgan fingerprint density at radius 2 is 2.11 bits per heavy atom. The lowest BCUT2D eigenvalue weighted by Gasteiger charge is -2.16. The highest BCUT2D eigenvalue weighted by atomic mass is 32.2. The summed E-state index contributed by atoms with van der Waals surface area (Å²) >= 11 is 1.68. The van der Waals surface area contributed by atoms with Crippen LogP contribution < -0.4 is 10.6 Å². The zero-order valence-corrected chi connectivity index (χ0v) is 11.5. The first-order valence-corrected chi connectivity index (χ1v) is 7.54. The lowest BCUT2D eigenvalue weighted by Crippen LogP contribution is -2.28. The van der Waals surface area contributed by atoms with Crippen molar-refractivity contribution in [2.75, 3.05) is 18.6 Å². The van der Waals surface area contributed by atoms with Gasteiger partial charge in [-0.15, -0.1) is 0 Å². The minimum absolute atomic E-state index is 0.172. The molecule has 0 radical (unpaired) electrons. The first kappa shape index (κ1) is 13.4. The van der Waals surface area contributed by atoms with Crippen LogP contribution in [0, 0.1) is 0 Å². The predicted molar refractivity (Wildman–Crippen MR) is 76.7 cm³/mol. The van der Waals surface area contributed by atoms with Gasteiger partial charge in [-0.25, -0.2) is 0 Å². The zero-order chi connectivity index (χ0) is 12.8. The van der Waals surface area contributed by atoms with Crippen molar-refractivity contribution in [2.24, 2.45) is 0 Å². The Morgan fingerprint density at radius 1 is 1.39 bits per heavy atom. The normalized spacial score (nSPS) is 16.3. The predicted octanol–water partition coefficient (Wildman–Crippen LogP) is 1.96. The van der Waals surface area contributed by atoms with E-state index in [0.29, 0.717) is 17.8 Å². The van der Waals surface area contributed by atoms with Gasteiger partial charge in [0.05, 0.1) is 5.75 Å². The number of amides is 1. The van der Waals surface area contributed by atoms with E-state index in [-0.39, 0.29) is 5.91 Å². The highest BCUT2D eigenvalue weighted by Crippen LogP contribution is 2.20. The minimum Gasteiger partial charge on any atom is -0.353 e. The number of carbonyl (C=O) groups excluding carboxylic acids is 1. The highest BCUT2D eigenvalue weighted by Gasteiger charge is 2.23. The van der Waals surface area contributed by atoms with Crippen LogP contribution in [0.1, 0.15) is 24.4 Å². The van der Waals surface area contributed by atoms with Gasteiger partial charge in [0.25, 0.3) is 0 Å². The lowest BCUT2D eigenvalue weighted by molar-refractivity contribution is -0.118. The van der Waals surface area contributed by atoms with E-state index < -0.39 is 0 Å². The van der Waals surface area contributed by atoms with Crippen LogP contribution in [-0.4, -0.2) is 30.5 Å². The first-order valence-electron chi connectivity index (χ1n) is 6.39. The Kier molecular flexibility index (Phi) is 5.08. The fourth-order valence-electron chi connectivity index (χ4n) is 1.80. The maximum absolute atomic E-state index is 11.5. The second-order valence-electron chi connectivity index (χ2n) is 4.61. The van der Waals surface area contributed by atoms with Crippen molar-refractivity contribution in [1.82, 2.24) is 10.6 Å². The average molecular weight is 264 g/mol. The van der Waals surface area contributed by atoms with Crippen molar-refractivity contribution in [3.63, 3.8) is 0 Å². The van der Waals surface area contributed by atoms with Crippen molar-refractivity contribution < 1.29 is 4.79 Å². The topological polar surface area (TPSA) is 41.1 Å². The summed E-state index contributed by atoms with van der Waals surface area (Å²) in [6.45, 7) is 0. The van der Waals surface area contributed by atoms with E-state index in [0.717, 1.165) is 18.6 Å². The molecule has 1 unspecified atom stereocenters. The monoisotopic (exact) mass is 264 g/mol. The van der Waals surface area contributed by atoms with Gasteiger partial charge in [0.15, 0.2) is 0 Å². The SMILES string of the molecule is CNC(CSCC(=O)NC1CC1)c1ccccc1. The summed E-state index contributed by atoms with van der Waals surface area (Å²) in [5.74, 6) is 1.64. The van der Waals surface area contributed by atoms with E-state index >= 15 is 0 Å². The van der Waals surface area contributed by atoms with Gasteiger partial charge in [0.1, 0.15) is 0 Å². The van der Waals surface area contributed by atoms with Gasteiger partial charge >= 0.3 is 0 Å². The quantitative estimate of drug-likeness (QED) is 0.791. The van der Waals surface area contributed by atoms with E-state index in [1.54, 1.807) is 11.8 Å². The Labute approximate surface area is 113 Å². The lowest BCUT2D eigenvalue weighted by atomic mass is 10.1. The van der Waals surface area contributed by atoms with Crippen molar-refractivity contribution in [2.45, 2.75) is 24.9 Å². The van der Waals surface area contributed by atoms with Crippen LogP contribution in [0.4, 0.5) is 0 Å². The highest BCUT2D eigenvalue weighted by molar-refractivity contribution is 7.99. The Hall–Kier alpha value is -1.00. The molecule has 0 heterocycles. The summed E-state index contributed by atoms with van der Waals surface area (Å²) in [6.07, 6.45) is 2.30. The average Bonchev–Trinajstić information content (AvgIpc) is 3.19. The second-order valence-corrected chi connectivity index (χ2v) is 5.64. The fraction of sp³-hybridized carbons (Fsp3) is 0.500. The number of rotatable bonds is 7. The number of carbonyl (C=O) groups is 1. The van der Waals surface area contributed by atoms with E-state index in [1.165, 1.54) is 5.56 Å². The summed E-state index contributed by atoms with van der Waals surface area (Å²) in [5, 5.41) is 6.30. The Morgan fingerprint density at radius 3 is 2.72 bits per heavy atom. The molecule has 98 valence electrons. The van der Waals surface area contributed by atoms with E-state index in [4.69, 9.17) is 0 Å². The summed E-state index contributed by atoms with van der Waals surface area (Å²) in [6, 6.07) is 11.1. The van der Waals surface area contributed by atoms with E-state index in [9.17, 15) is 4.79 Å². The smallest absolute Gasteiger partial charge is 0.230 e. The van der Waals surface area contributed by atoms with Gasteiger partial charge in [0.2, 0.25) is 5.91 Å². The molecular weight excluding hydrogens is 244 g/mol. The molecule has 0 bridgehead atoms. The molecule has 0 aromatic heterocycles. The van der Waals surface area contributed by atoms with Crippen molar-refractivity contribution in [1.29, 1.82) is 0 Å². The number of hydrogen-bond donors (Lipinski definition) is 2. The molecule has 4 heteroatoms. The molecule has 0 spiro atoms. The molecule has 1 fully saturated rings. The molecule has 1 atom stereocenters. The third-order valence-corrected chi connectivity index (χ3v) is 4.05. The molecule has 1 amide bonds. The molecular formula is C14H20N2OS. The molecule has 2 N–H and O–H groups in total. The molecule has 1 aromatic carbocycles. The van der Waals surface area contributed by atoms with Crippen molar-refractivity contribution in [3.8, 4) is 0 Å². The number of hydrogen-bond acceptors (Lipinski definition) is 3. The summed E-state index contributed by atoms with van der Waals surface area (Å²) in [7, 11) is 1.96. The summed E-state index contributed by atoms with van der Waals surface area (Å²) in [4.78, 5) is 11.5. The van der Waals surface area contributed by atoms with Crippen LogP contribution in [-0.2, 0) is 4.79 Å². The van der Waals surface area contributed by atoms with Crippen molar-refractivity contribution in [3.05, 3.63) is 35.9 Å². The molecule has 1 aliphatic rings. The molecule has 18 heavy (non-hydrogen) atoms. The number of thioether (sulfide) groups is 1. The fourth-order valence-corrected chi connectivity index (χ4v) is 2.78. The van der Waals surface area contributed by atoms with Gasteiger partial charge in [-0.2, -0.15) is 11.8 Å². The van der Waals surface area contributed by atoms with Crippen LogP contribution >= 0.6 is 11.8 Å². The third-order valence-electron chi connectivity index (χ3n) is 3.01.